The van der Waals surface area contributed by atoms with E-state index in [9.17, 15) is 4.79 Å². The molecule has 1 amide bonds. The topological polar surface area (TPSA) is 80.7 Å². The molecule has 2 atom stereocenters. The van der Waals surface area contributed by atoms with Gasteiger partial charge in [0, 0.05) is 19.6 Å². The Morgan fingerprint density at radius 3 is 2.88 bits per heavy atom. The molecule has 0 radical (unpaired) electrons. The molecule has 3 N–H and O–H groups in total. The summed E-state index contributed by atoms with van der Waals surface area (Å²) in [5, 5.41) is 3.08. The summed E-state index contributed by atoms with van der Waals surface area (Å²) in [5.41, 5.74) is 7.33. The van der Waals surface area contributed by atoms with E-state index in [1.165, 1.54) is 11.8 Å². The van der Waals surface area contributed by atoms with E-state index in [2.05, 4.69) is 41.4 Å². The molecular weight excluding hydrogens is 330 g/mol. The van der Waals surface area contributed by atoms with Crippen LogP contribution in [0.2, 0.25) is 0 Å². The van der Waals surface area contributed by atoms with Gasteiger partial charge in [0.15, 0.2) is 0 Å². The maximum absolute atomic E-state index is 12.5. The highest BCUT2D eigenvalue weighted by Gasteiger charge is 2.28. The Labute approximate surface area is 154 Å². The van der Waals surface area contributed by atoms with Crippen LogP contribution in [0.25, 0.3) is 0 Å². The number of amides is 1. The lowest BCUT2D eigenvalue weighted by atomic mass is 10.1. The van der Waals surface area contributed by atoms with E-state index in [1.807, 2.05) is 6.07 Å². The summed E-state index contributed by atoms with van der Waals surface area (Å²) in [6.07, 6.45) is 2.23. The van der Waals surface area contributed by atoms with Gasteiger partial charge in [0.1, 0.15) is 12.0 Å². The SMILES string of the molecule is CCC(NC(=O)c1coc(CN)c1)C1CN(Cc2ccccc2)CCO1. The molecule has 0 saturated carbocycles. The van der Waals surface area contributed by atoms with Crippen LogP contribution in [0, 0.1) is 0 Å². The minimum Gasteiger partial charge on any atom is -0.467 e. The van der Waals surface area contributed by atoms with Gasteiger partial charge in [0.25, 0.3) is 5.91 Å². The van der Waals surface area contributed by atoms with E-state index >= 15 is 0 Å². The smallest absolute Gasteiger partial charge is 0.254 e. The van der Waals surface area contributed by atoms with Crippen LogP contribution >= 0.6 is 0 Å². The van der Waals surface area contributed by atoms with Crippen LogP contribution in [-0.4, -0.2) is 42.6 Å². The number of benzene rings is 1. The van der Waals surface area contributed by atoms with Crippen molar-refractivity contribution in [2.45, 2.75) is 38.6 Å². The van der Waals surface area contributed by atoms with Crippen molar-refractivity contribution in [3.8, 4) is 0 Å². The summed E-state index contributed by atoms with van der Waals surface area (Å²) in [7, 11) is 0. The lowest BCUT2D eigenvalue weighted by Gasteiger charge is -2.37. The van der Waals surface area contributed by atoms with Crippen molar-refractivity contribution in [1.29, 1.82) is 0 Å². The van der Waals surface area contributed by atoms with Gasteiger partial charge in [-0.05, 0) is 18.1 Å². The number of nitrogens with zero attached hydrogens (tertiary/aromatic N) is 1. The third-order valence-corrected chi connectivity index (χ3v) is 4.75. The average molecular weight is 357 g/mol. The molecule has 2 aromatic rings. The van der Waals surface area contributed by atoms with E-state index in [0.29, 0.717) is 17.9 Å². The summed E-state index contributed by atoms with van der Waals surface area (Å²) >= 11 is 0. The zero-order chi connectivity index (χ0) is 18.4. The second kappa shape index (κ2) is 8.98. The minimum atomic E-state index is -0.149. The molecule has 0 bridgehead atoms. The van der Waals surface area contributed by atoms with Crippen molar-refractivity contribution in [3.63, 3.8) is 0 Å². The molecule has 2 unspecified atom stereocenters. The highest BCUT2D eigenvalue weighted by Crippen LogP contribution is 2.15. The molecule has 6 nitrogen and oxygen atoms in total. The lowest BCUT2D eigenvalue weighted by molar-refractivity contribution is -0.0483. The fourth-order valence-corrected chi connectivity index (χ4v) is 3.28. The van der Waals surface area contributed by atoms with Gasteiger partial charge in [0.05, 0.1) is 30.9 Å². The van der Waals surface area contributed by atoms with Crippen molar-refractivity contribution in [1.82, 2.24) is 10.2 Å². The normalized spacial score (nSPS) is 19.2. The largest absolute Gasteiger partial charge is 0.467 e. The second-order valence-corrected chi connectivity index (χ2v) is 6.62. The van der Waals surface area contributed by atoms with Gasteiger partial charge in [0.2, 0.25) is 0 Å². The number of carbonyl (C=O) groups excluding carboxylic acids is 1. The van der Waals surface area contributed by atoms with E-state index in [-0.39, 0.29) is 24.6 Å². The molecule has 1 aromatic heterocycles. The summed E-state index contributed by atoms with van der Waals surface area (Å²) in [4.78, 5) is 14.9. The Bertz CT molecular complexity index is 701. The molecule has 6 heteroatoms. The second-order valence-electron chi connectivity index (χ2n) is 6.62. The van der Waals surface area contributed by atoms with Crippen molar-refractivity contribution in [2.75, 3.05) is 19.7 Å². The van der Waals surface area contributed by atoms with Gasteiger partial charge >= 0.3 is 0 Å². The highest BCUT2D eigenvalue weighted by molar-refractivity contribution is 5.94. The highest BCUT2D eigenvalue weighted by atomic mass is 16.5. The number of hydrogen-bond acceptors (Lipinski definition) is 5. The molecule has 140 valence electrons. The van der Waals surface area contributed by atoms with Gasteiger partial charge in [-0.25, -0.2) is 0 Å². The number of morpholine rings is 1. The molecule has 1 aliphatic rings. The van der Waals surface area contributed by atoms with Crippen LogP contribution in [0.1, 0.15) is 35.0 Å². The van der Waals surface area contributed by atoms with Gasteiger partial charge < -0.3 is 20.2 Å². The molecule has 0 spiro atoms. The maximum Gasteiger partial charge on any atom is 0.254 e. The Morgan fingerprint density at radius 1 is 1.38 bits per heavy atom. The van der Waals surface area contributed by atoms with Crippen LogP contribution in [0.15, 0.2) is 47.1 Å². The van der Waals surface area contributed by atoms with Gasteiger partial charge in [-0.3, -0.25) is 9.69 Å². The van der Waals surface area contributed by atoms with Gasteiger partial charge in [-0.2, -0.15) is 0 Å². The van der Waals surface area contributed by atoms with E-state index < -0.39 is 0 Å². The predicted molar refractivity (Wildman–Crippen MR) is 99.6 cm³/mol. The molecule has 0 aliphatic carbocycles. The Hall–Kier alpha value is -2.15. The summed E-state index contributed by atoms with van der Waals surface area (Å²) in [6.45, 7) is 5.61. The van der Waals surface area contributed by atoms with E-state index in [1.54, 1.807) is 6.07 Å². The maximum atomic E-state index is 12.5. The van der Waals surface area contributed by atoms with Crippen LogP contribution in [-0.2, 0) is 17.8 Å². The molecule has 3 rings (SSSR count). The Balaban J connectivity index is 1.59. The summed E-state index contributed by atoms with van der Waals surface area (Å²) in [5.74, 6) is 0.454. The molecule has 1 saturated heterocycles. The lowest BCUT2D eigenvalue weighted by Crippen LogP contribution is -2.53. The van der Waals surface area contributed by atoms with E-state index in [4.69, 9.17) is 14.9 Å². The molecule has 26 heavy (non-hydrogen) atoms. The number of nitrogens with one attached hydrogen (secondary N) is 1. The third kappa shape index (κ3) is 4.72. The quantitative estimate of drug-likeness (QED) is 0.794. The monoisotopic (exact) mass is 357 g/mol. The van der Waals surface area contributed by atoms with Crippen molar-refractivity contribution in [2.24, 2.45) is 5.73 Å². The Kier molecular flexibility index (Phi) is 6.44. The number of rotatable bonds is 7. The minimum absolute atomic E-state index is 0.0257. The van der Waals surface area contributed by atoms with Crippen molar-refractivity contribution in [3.05, 3.63) is 59.5 Å². The molecule has 2 heterocycles. The molecule has 1 aliphatic heterocycles. The summed E-state index contributed by atoms with van der Waals surface area (Å²) < 4.78 is 11.2. The zero-order valence-electron chi connectivity index (χ0n) is 15.2. The van der Waals surface area contributed by atoms with Crippen molar-refractivity contribution >= 4 is 5.91 Å². The fraction of sp³-hybridized carbons (Fsp3) is 0.450. The first-order valence-corrected chi connectivity index (χ1v) is 9.15. The van der Waals surface area contributed by atoms with Crippen LogP contribution < -0.4 is 11.1 Å². The molecule has 1 fully saturated rings. The van der Waals surface area contributed by atoms with Crippen LogP contribution in [0.3, 0.4) is 0 Å². The summed E-state index contributed by atoms with van der Waals surface area (Å²) in [6, 6.07) is 12.1. The van der Waals surface area contributed by atoms with Gasteiger partial charge in [-0.15, -0.1) is 0 Å². The van der Waals surface area contributed by atoms with Crippen LogP contribution in [0.5, 0.6) is 0 Å². The van der Waals surface area contributed by atoms with E-state index in [0.717, 1.165) is 26.1 Å². The predicted octanol–water partition coefficient (Wildman–Crippen LogP) is 2.15. The number of nitrogens with two attached hydrogens (primary N) is 1. The molecule has 1 aromatic carbocycles. The average Bonchev–Trinajstić information content (AvgIpc) is 3.16. The Morgan fingerprint density at radius 2 is 2.19 bits per heavy atom. The number of carbonyl (C=O) groups is 1. The molecular formula is C20H27N3O3. The van der Waals surface area contributed by atoms with Crippen LogP contribution in [0.4, 0.5) is 0 Å². The first-order valence-electron chi connectivity index (χ1n) is 9.15. The number of ether oxygens (including phenoxy) is 1. The standard InChI is InChI=1S/C20H27N3O3/c1-2-18(22-20(24)16-10-17(11-21)26-14-16)19-13-23(8-9-25-19)12-15-6-4-3-5-7-15/h3-7,10,14,18-19H,2,8-9,11-13,21H2,1H3,(H,22,24). The number of hydrogen-bond donors (Lipinski definition) is 2. The van der Waals surface area contributed by atoms with Gasteiger partial charge in [-0.1, -0.05) is 37.3 Å². The first-order chi connectivity index (χ1) is 12.7. The third-order valence-electron chi connectivity index (χ3n) is 4.75. The van der Waals surface area contributed by atoms with Crippen molar-refractivity contribution < 1.29 is 13.9 Å². The first kappa shape index (κ1) is 18.6. The fourth-order valence-electron chi connectivity index (χ4n) is 3.28. The number of furan rings is 1. The zero-order valence-corrected chi connectivity index (χ0v) is 15.2.